The van der Waals surface area contributed by atoms with E-state index in [1.165, 1.54) is 22.3 Å². The third kappa shape index (κ3) is 5.96. The minimum absolute atomic E-state index is 0.0740. The van der Waals surface area contributed by atoms with E-state index in [2.05, 4.69) is 26.7 Å². The molecule has 2 aromatic rings. The summed E-state index contributed by atoms with van der Waals surface area (Å²) in [4.78, 5) is 48.8. The maximum atomic E-state index is 13.3. The summed E-state index contributed by atoms with van der Waals surface area (Å²) in [5.41, 5.74) is 2.29. The molecular weight excluding hydrogens is 490 g/mol. The van der Waals surface area contributed by atoms with Gasteiger partial charge in [0.05, 0.1) is 30.7 Å². The first kappa shape index (κ1) is 26.3. The number of allylic oxidation sites excluding steroid dienone is 2. The normalized spacial score (nSPS) is 15.1. The number of amides is 3. The van der Waals surface area contributed by atoms with Crippen molar-refractivity contribution in [1.82, 2.24) is 14.9 Å². The Bertz CT molecular complexity index is 1330. The van der Waals surface area contributed by atoms with Crippen molar-refractivity contribution in [2.75, 3.05) is 35.8 Å². The highest BCUT2D eigenvalue weighted by atomic mass is 16.5. The summed E-state index contributed by atoms with van der Waals surface area (Å²) in [6.07, 6.45) is 8.82. The van der Waals surface area contributed by atoms with Gasteiger partial charge in [-0.3, -0.25) is 19.9 Å². The molecule has 1 atom stereocenters. The van der Waals surface area contributed by atoms with Crippen LogP contribution in [-0.4, -0.2) is 59.6 Å². The number of hydrogen-bond donors (Lipinski definition) is 2. The molecule has 0 aromatic carbocycles. The number of fused-ring (bicyclic) bond motifs is 1. The number of nitriles is 1. The number of aryl methyl sites for hydroxylation is 1. The largest absolute Gasteiger partial charge is 0.418 e. The number of urea groups is 1. The van der Waals surface area contributed by atoms with Gasteiger partial charge >= 0.3 is 12.1 Å². The Kier molecular flexibility index (Phi) is 8.30. The molecule has 0 unspecified atom stereocenters. The molecule has 12 heteroatoms. The fourth-order valence-electron chi connectivity index (χ4n) is 4.18. The Hall–Kier alpha value is -4.76. The van der Waals surface area contributed by atoms with Crippen LogP contribution in [0.15, 0.2) is 42.9 Å². The number of aldehydes is 1. The quantitative estimate of drug-likeness (QED) is 0.501. The zero-order chi connectivity index (χ0) is 27.1. The molecule has 12 nitrogen and oxygen atoms in total. The second kappa shape index (κ2) is 12.0. The average molecular weight is 518 g/mol. The van der Waals surface area contributed by atoms with E-state index in [1.54, 1.807) is 37.6 Å². The summed E-state index contributed by atoms with van der Waals surface area (Å²) >= 11 is 0. The topological polar surface area (TPSA) is 150 Å². The van der Waals surface area contributed by atoms with Crippen LogP contribution in [0.1, 0.15) is 40.5 Å². The molecule has 0 saturated heterocycles. The number of ether oxygens (including phenoxy) is 2. The molecule has 0 radical (unpaired) electrons. The summed E-state index contributed by atoms with van der Waals surface area (Å²) in [5.74, 6) is 0.622. The number of aromatic nitrogens is 2. The van der Waals surface area contributed by atoms with Gasteiger partial charge < -0.3 is 14.8 Å². The number of rotatable bonds is 8. The van der Waals surface area contributed by atoms with Crippen molar-refractivity contribution >= 4 is 35.7 Å². The van der Waals surface area contributed by atoms with E-state index >= 15 is 0 Å². The van der Waals surface area contributed by atoms with E-state index in [1.807, 2.05) is 6.92 Å². The number of anilines is 3. The number of pyridine rings is 2. The molecule has 2 N–H and O–H groups in total. The van der Waals surface area contributed by atoms with Crippen molar-refractivity contribution in [3.05, 3.63) is 65.3 Å². The molecular formula is C26H27N7O5. The molecule has 2 aliphatic rings. The zero-order valence-corrected chi connectivity index (χ0v) is 21.0. The molecule has 4 rings (SSSR count). The SMILES string of the molecule is COC[C@H](C)Nc1cc(NC(=O)N2CCCc3cc(CN4C=CC=COC4=O)c(C=O)nc32)ncc1C#N. The van der Waals surface area contributed by atoms with Gasteiger partial charge in [0.2, 0.25) is 0 Å². The fourth-order valence-corrected chi connectivity index (χ4v) is 4.18. The lowest BCUT2D eigenvalue weighted by molar-refractivity contribution is 0.111. The molecule has 3 amide bonds. The number of nitrogens with one attached hydrogen (secondary N) is 2. The van der Waals surface area contributed by atoms with Crippen LogP contribution in [0, 0.1) is 11.3 Å². The van der Waals surface area contributed by atoms with Gasteiger partial charge in [-0.25, -0.2) is 19.6 Å². The second-order valence-corrected chi connectivity index (χ2v) is 8.73. The van der Waals surface area contributed by atoms with Crippen LogP contribution >= 0.6 is 0 Å². The highest BCUT2D eigenvalue weighted by Crippen LogP contribution is 2.29. The van der Waals surface area contributed by atoms with Gasteiger partial charge in [0.1, 0.15) is 23.4 Å². The lowest BCUT2D eigenvalue weighted by atomic mass is 10.0. The Labute approximate surface area is 219 Å². The number of nitrogens with zero attached hydrogens (tertiary/aromatic N) is 5. The van der Waals surface area contributed by atoms with Crippen molar-refractivity contribution in [2.45, 2.75) is 32.4 Å². The van der Waals surface area contributed by atoms with Gasteiger partial charge in [-0.15, -0.1) is 0 Å². The van der Waals surface area contributed by atoms with Gasteiger partial charge in [-0.1, -0.05) is 0 Å². The van der Waals surface area contributed by atoms with Gasteiger partial charge in [-0.05, 0) is 43.5 Å². The van der Waals surface area contributed by atoms with E-state index in [9.17, 15) is 19.6 Å². The Balaban J connectivity index is 1.56. The molecule has 2 aromatic heterocycles. The van der Waals surface area contributed by atoms with Crippen LogP contribution in [0.5, 0.6) is 0 Å². The van der Waals surface area contributed by atoms with E-state index in [-0.39, 0.29) is 24.1 Å². The van der Waals surface area contributed by atoms with Crippen molar-refractivity contribution in [3.63, 3.8) is 0 Å². The minimum Gasteiger partial charge on any atom is -0.418 e. The van der Waals surface area contributed by atoms with Gasteiger partial charge in [0.25, 0.3) is 0 Å². The maximum Gasteiger partial charge on any atom is 0.418 e. The van der Waals surface area contributed by atoms with E-state index in [4.69, 9.17) is 9.47 Å². The third-order valence-electron chi connectivity index (χ3n) is 5.91. The smallest absolute Gasteiger partial charge is 0.418 e. The van der Waals surface area contributed by atoms with Crippen LogP contribution in [0.25, 0.3) is 0 Å². The van der Waals surface area contributed by atoms with Crippen LogP contribution < -0.4 is 15.5 Å². The first-order chi connectivity index (χ1) is 18.4. The van der Waals surface area contributed by atoms with E-state index < -0.39 is 12.1 Å². The zero-order valence-electron chi connectivity index (χ0n) is 21.0. The predicted octanol–water partition coefficient (Wildman–Crippen LogP) is 3.57. The summed E-state index contributed by atoms with van der Waals surface area (Å²) in [6, 6.07) is 4.92. The number of carbonyl (C=O) groups is 3. The Morgan fingerprint density at radius 1 is 1.37 bits per heavy atom. The number of carbonyl (C=O) groups excluding carboxylic acids is 3. The van der Waals surface area contributed by atoms with Crippen LogP contribution in [-0.2, 0) is 22.4 Å². The molecule has 4 heterocycles. The molecule has 196 valence electrons. The van der Waals surface area contributed by atoms with E-state index in [0.29, 0.717) is 54.9 Å². The highest BCUT2D eigenvalue weighted by Gasteiger charge is 2.27. The van der Waals surface area contributed by atoms with Crippen molar-refractivity contribution < 1.29 is 23.9 Å². The molecule has 0 saturated carbocycles. The molecule has 2 aliphatic heterocycles. The Morgan fingerprint density at radius 2 is 2.21 bits per heavy atom. The van der Waals surface area contributed by atoms with Gasteiger partial charge in [-0.2, -0.15) is 5.26 Å². The number of hydrogen-bond acceptors (Lipinski definition) is 9. The van der Waals surface area contributed by atoms with Gasteiger partial charge in [0.15, 0.2) is 6.29 Å². The van der Waals surface area contributed by atoms with Crippen molar-refractivity contribution in [1.29, 1.82) is 5.26 Å². The Morgan fingerprint density at radius 3 is 2.97 bits per heavy atom. The van der Waals surface area contributed by atoms with Crippen molar-refractivity contribution in [3.8, 4) is 6.07 Å². The lowest BCUT2D eigenvalue weighted by Gasteiger charge is -2.29. The van der Waals surface area contributed by atoms with Crippen LogP contribution in [0.3, 0.4) is 0 Å². The summed E-state index contributed by atoms with van der Waals surface area (Å²) in [5, 5.41) is 15.4. The second-order valence-electron chi connectivity index (χ2n) is 8.73. The molecule has 0 fully saturated rings. The summed E-state index contributed by atoms with van der Waals surface area (Å²) < 4.78 is 10.1. The number of cyclic esters (lactones) is 1. The first-order valence-corrected chi connectivity index (χ1v) is 12.0. The first-order valence-electron chi connectivity index (χ1n) is 12.0. The van der Waals surface area contributed by atoms with E-state index in [0.717, 1.165) is 5.56 Å². The predicted molar refractivity (Wildman–Crippen MR) is 139 cm³/mol. The monoisotopic (exact) mass is 517 g/mol. The highest BCUT2D eigenvalue weighted by molar-refractivity contribution is 6.01. The standard InChI is InChI=1S/C26H27N7O5/c1-17(16-37-2)29-21-11-23(28-13-20(21)12-27)31-25(35)33-8-5-6-18-10-19(22(15-34)30-24(18)33)14-32-7-3-4-9-38-26(32)36/h3-4,7,9-11,13,15,17H,5-6,8,14,16H2,1-2H3,(H2,28,29,31,35)/t17-/m0/s1. The lowest BCUT2D eigenvalue weighted by Crippen LogP contribution is -2.40. The third-order valence-corrected chi connectivity index (χ3v) is 5.91. The molecule has 38 heavy (non-hydrogen) atoms. The molecule has 0 spiro atoms. The number of methoxy groups -OCH3 is 1. The molecule has 0 aliphatic carbocycles. The maximum absolute atomic E-state index is 13.3. The van der Waals surface area contributed by atoms with Crippen LogP contribution in [0.2, 0.25) is 0 Å². The molecule has 0 bridgehead atoms. The summed E-state index contributed by atoms with van der Waals surface area (Å²) in [6.45, 7) is 2.81. The summed E-state index contributed by atoms with van der Waals surface area (Å²) in [7, 11) is 1.59. The van der Waals surface area contributed by atoms with Crippen molar-refractivity contribution in [2.24, 2.45) is 0 Å². The minimum atomic E-state index is -0.578. The average Bonchev–Trinajstić information content (AvgIpc) is 3.11. The fraction of sp³-hybridized carbons (Fsp3) is 0.308. The van der Waals surface area contributed by atoms with Gasteiger partial charge in [0, 0.05) is 43.7 Å². The van der Waals surface area contributed by atoms with Crippen LogP contribution in [0.4, 0.5) is 26.9 Å².